The Morgan fingerprint density at radius 2 is 1.83 bits per heavy atom. The van der Waals surface area contributed by atoms with Gasteiger partial charge in [-0.2, -0.15) is 0 Å². The molecule has 0 spiro atoms. The Morgan fingerprint density at radius 1 is 1.10 bits per heavy atom. The topological polar surface area (TPSA) is 46.6 Å². The number of fused-ring (bicyclic) bond motifs is 3. The predicted octanol–water partition coefficient (Wildman–Crippen LogP) is 5.36. The molecule has 0 aliphatic carbocycles. The van der Waals surface area contributed by atoms with Crippen molar-refractivity contribution in [2.45, 2.75) is 32.4 Å². The molecule has 4 nitrogen and oxygen atoms in total. The average molecular weight is 400 g/mol. The Balaban J connectivity index is 1.69. The van der Waals surface area contributed by atoms with Gasteiger partial charge in [-0.1, -0.05) is 36.4 Å². The number of aliphatic hydroxyl groups is 1. The number of carbonyl (C=O) groups excluding carboxylic acids is 1. The zero-order chi connectivity index (χ0) is 21.5. The first-order chi connectivity index (χ1) is 14.3. The molecule has 30 heavy (non-hydrogen) atoms. The summed E-state index contributed by atoms with van der Waals surface area (Å²) < 4.78 is 15.7. The number of para-hydroxylation sites is 1. The van der Waals surface area contributed by atoms with E-state index in [1.807, 2.05) is 41.8 Å². The number of nitrogens with zero attached hydrogens (tertiary/aromatic N) is 2. The number of rotatable bonds is 5. The maximum Gasteiger partial charge on any atom is 0.190 e. The number of Topliss-reactive ketones (excluding diaryl/α,β-unsaturated/α-hetero) is 1. The van der Waals surface area contributed by atoms with Gasteiger partial charge in [0, 0.05) is 28.2 Å². The van der Waals surface area contributed by atoms with E-state index in [2.05, 4.69) is 4.85 Å². The third-order valence-electron chi connectivity index (χ3n) is 5.55. The van der Waals surface area contributed by atoms with Crippen LogP contribution >= 0.6 is 0 Å². The van der Waals surface area contributed by atoms with Gasteiger partial charge in [-0.3, -0.25) is 4.79 Å². The van der Waals surface area contributed by atoms with E-state index in [9.17, 15) is 14.3 Å². The lowest BCUT2D eigenvalue weighted by atomic mass is 9.94. The zero-order valence-corrected chi connectivity index (χ0v) is 16.8. The third-order valence-corrected chi connectivity index (χ3v) is 5.55. The molecule has 0 fully saturated rings. The van der Waals surface area contributed by atoms with Gasteiger partial charge < -0.3 is 9.67 Å². The molecule has 0 amide bonds. The summed E-state index contributed by atoms with van der Waals surface area (Å²) in [7, 11) is 0. The van der Waals surface area contributed by atoms with Crippen LogP contribution in [0.3, 0.4) is 0 Å². The fraction of sp³-hybridized carbons (Fsp3) is 0.200. The molecule has 0 bridgehead atoms. The Hall–Kier alpha value is -3.49. The van der Waals surface area contributed by atoms with Gasteiger partial charge in [0.05, 0.1) is 13.1 Å². The SMILES string of the molecule is [C-]#[N+]c1ccc(CC(=O)[C@@](C)(O)Cn2c3ccccc3c3cc(F)ccc32)cc1C. The standard InChI is InChI=1S/C25H21FN2O2/c1-16-12-17(8-10-21(16)27-3)13-24(29)25(2,30)15-28-22-7-5-4-6-19(22)20-14-18(26)9-11-23(20)28/h4-12,14,30H,13,15H2,1-2H3/t25-/m0/s1. The van der Waals surface area contributed by atoms with Crippen LogP contribution in [-0.2, 0) is 17.8 Å². The Labute approximate surface area is 174 Å². The van der Waals surface area contributed by atoms with Crippen molar-refractivity contribution in [1.29, 1.82) is 0 Å². The lowest BCUT2D eigenvalue weighted by Gasteiger charge is -2.24. The number of hydrogen-bond acceptors (Lipinski definition) is 2. The molecule has 5 heteroatoms. The highest BCUT2D eigenvalue weighted by molar-refractivity contribution is 6.08. The highest BCUT2D eigenvalue weighted by atomic mass is 19.1. The second-order valence-corrected chi connectivity index (χ2v) is 7.87. The van der Waals surface area contributed by atoms with Crippen molar-refractivity contribution in [2.24, 2.45) is 0 Å². The number of hydrogen-bond donors (Lipinski definition) is 1. The maximum atomic E-state index is 13.8. The molecule has 0 aliphatic rings. The molecule has 1 heterocycles. The number of ketones is 1. The van der Waals surface area contributed by atoms with Crippen LogP contribution in [0.25, 0.3) is 26.7 Å². The van der Waals surface area contributed by atoms with Gasteiger partial charge in [-0.25, -0.2) is 9.24 Å². The van der Waals surface area contributed by atoms with Crippen molar-refractivity contribution in [2.75, 3.05) is 0 Å². The van der Waals surface area contributed by atoms with Gasteiger partial charge in [0.25, 0.3) is 0 Å². The van der Waals surface area contributed by atoms with Crippen LogP contribution in [0.4, 0.5) is 10.1 Å². The summed E-state index contributed by atoms with van der Waals surface area (Å²) in [6.07, 6.45) is 0.0673. The highest BCUT2D eigenvalue weighted by Gasteiger charge is 2.31. The first-order valence-corrected chi connectivity index (χ1v) is 9.69. The summed E-state index contributed by atoms with van der Waals surface area (Å²) in [5.74, 6) is -0.642. The number of aryl methyl sites for hydroxylation is 1. The summed E-state index contributed by atoms with van der Waals surface area (Å²) in [4.78, 5) is 16.4. The summed E-state index contributed by atoms with van der Waals surface area (Å²) in [6, 6.07) is 17.4. The molecule has 0 unspecified atom stereocenters. The summed E-state index contributed by atoms with van der Waals surface area (Å²) in [5, 5.41) is 12.7. The lowest BCUT2D eigenvalue weighted by Crippen LogP contribution is -2.40. The third kappa shape index (κ3) is 3.47. The first kappa shape index (κ1) is 19.8. The molecular formula is C25H21FN2O2. The maximum absolute atomic E-state index is 13.8. The van der Waals surface area contributed by atoms with E-state index in [4.69, 9.17) is 6.57 Å². The molecule has 1 N–H and O–H groups in total. The van der Waals surface area contributed by atoms with E-state index in [0.29, 0.717) is 5.69 Å². The molecular weight excluding hydrogens is 379 g/mol. The molecule has 4 aromatic rings. The van der Waals surface area contributed by atoms with Crippen LogP contribution in [0.15, 0.2) is 60.7 Å². The average Bonchev–Trinajstić information content (AvgIpc) is 3.01. The van der Waals surface area contributed by atoms with Crippen LogP contribution in [0, 0.1) is 19.3 Å². The minimum absolute atomic E-state index is 0.0561. The number of carbonyl (C=O) groups is 1. The van der Waals surface area contributed by atoms with Crippen molar-refractivity contribution < 1.29 is 14.3 Å². The van der Waals surface area contributed by atoms with Gasteiger partial charge in [0.15, 0.2) is 11.5 Å². The van der Waals surface area contributed by atoms with Crippen LogP contribution in [-0.4, -0.2) is 21.1 Å². The van der Waals surface area contributed by atoms with E-state index in [1.165, 1.54) is 19.1 Å². The number of aromatic nitrogens is 1. The molecule has 0 radical (unpaired) electrons. The Morgan fingerprint density at radius 3 is 2.57 bits per heavy atom. The monoisotopic (exact) mass is 400 g/mol. The van der Waals surface area contributed by atoms with E-state index >= 15 is 0 Å². The highest BCUT2D eigenvalue weighted by Crippen LogP contribution is 2.31. The molecule has 4 rings (SSSR count). The molecule has 3 aromatic carbocycles. The van der Waals surface area contributed by atoms with E-state index < -0.39 is 5.60 Å². The largest absolute Gasteiger partial charge is 0.380 e. The first-order valence-electron chi connectivity index (χ1n) is 9.69. The molecule has 1 aromatic heterocycles. The molecule has 0 saturated heterocycles. The molecule has 0 saturated carbocycles. The van der Waals surface area contributed by atoms with Crippen molar-refractivity contribution in [3.63, 3.8) is 0 Å². The molecule has 150 valence electrons. The minimum atomic E-state index is -1.62. The van der Waals surface area contributed by atoms with E-state index in [0.717, 1.165) is 32.9 Å². The summed E-state index contributed by atoms with van der Waals surface area (Å²) >= 11 is 0. The fourth-order valence-electron chi connectivity index (χ4n) is 3.92. The second kappa shape index (κ2) is 7.40. The van der Waals surface area contributed by atoms with Crippen LogP contribution < -0.4 is 0 Å². The van der Waals surface area contributed by atoms with Crippen molar-refractivity contribution in [1.82, 2.24) is 4.57 Å². The summed E-state index contributed by atoms with van der Waals surface area (Å²) in [6.45, 7) is 10.5. The minimum Gasteiger partial charge on any atom is -0.380 e. The molecule has 0 aliphatic heterocycles. The van der Waals surface area contributed by atoms with Gasteiger partial charge in [-0.05, 0) is 49.2 Å². The van der Waals surface area contributed by atoms with Gasteiger partial charge >= 0.3 is 0 Å². The van der Waals surface area contributed by atoms with Gasteiger partial charge in [-0.15, -0.1) is 0 Å². The van der Waals surface area contributed by atoms with E-state index in [1.54, 1.807) is 18.2 Å². The zero-order valence-electron chi connectivity index (χ0n) is 16.8. The predicted molar refractivity (Wildman–Crippen MR) is 116 cm³/mol. The normalized spacial score (nSPS) is 13.3. The van der Waals surface area contributed by atoms with Crippen LogP contribution in [0.1, 0.15) is 18.1 Å². The van der Waals surface area contributed by atoms with Crippen LogP contribution in [0.2, 0.25) is 0 Å². The Bertz CT molecular complexity index is 1330. The van der Waals surface area contributed by atoms with Crippen molar-refractivity contribution in [3.8, 4) is 0 Å². The Kier molecular flexibility index (Phi) is 4.89. The smallest absolute Gasteiger partial charge is 0.190 e. The molecule has 1 atom stereocenters. The van der Waals surface area contributed by atoms with Crippen molar-refractivity contribution >= 4 is 33.3 Å². The van der Waals surface area contributed by atoms with Crippen molar-refractivity contribution in [3.05, 3.63) is 89.0 Å². The second-order valence-electron chi connectivity index (χ2n) is 7.87. The fourth-order valence-corrected chi connectivity index (χ4v) is 3.92. The van der Waals surface area contributed by atoms with Crippen LogP contribution in [0.5, 0.6) is 0 Å². The van der Waals surface area contributed by atoms with Gasteiger partial charge in [0.1, 0.15) is 11.4 Å². The quantitative estimate of drug-likeness (QED) is 0.459. The number of benzene rings is 3. The van der Waals surface area contributed by atoms with Gasteiger partial charge in [0.2, 0.25) is 0 Å². The van der Waals surface area contributed by atoms with E-state index in [-0.39, 0.29) is 24.6 Å². The number of halogens is 1. The summed E-state index contributed by atoms with van der Waals surface area (Å²) in [5.41, 5.74) is 2.10. The lowest BCUT2D eigenvalue weighted by molar-refractivity contribution is -0.136.